The third-order valence-electron chi connectivity index (χ3n) is 3.31. The summed E-state index contributed by atoms with van der Waals surface area (Å²) in [6.07, 6.45) is 4.78. The quantitative estimate of drug-likeness (QED) is 0.754. The van der Waals surface area contributed by atoms with Gasteiger partial charge in [0.25, 0.3) is 5.91 Å². The maximum atomic E-state index is 12.3. The smallest absolute Gasteiger partial charge is 0.274 e. The second-order valence-corrected chi connectivity index (χ2v) is 4.54. The first-order chi connectivity index (χ1) is 7.61. The van der Waals surface area contributed by atoms with Gasteiger partial charge in [0, 0.05) is 12.1 Å². The molecule has 0 saturated carbocycles. The number of carbonyl (C=O) groups excluding carboxylic acids is 1. The molecule has 1 aliphatic rings. The first kappa shape index (κ1) is 11.0. The van der Waals surface area contributed by atoms with Crippen molar-refractivity contribution >= 4 is 11.6 Å². The van der Waals surface area contributed by atoms with Crippen LogP contribution in [-0.2, 0) is 0 Å². The van der Waals surface area contributed by atoms with Gasteiger partial charge in [-0.25, -0.2) is 0 Å². The van der Waals surface area contributed by atoms with Crippen LogP contribution in [0.15, 0.2) is 6.20 Å². The first-order valence-electron chi connectivity index (χ1n) is 5.72. The lowest BCUT2D eigenvalue weighted by Gasteiger charge is -2.38. The van der Waals surface area contributed by atoms with Crippen molar-refractivity contribution in [3.05, 3.63) is 11.9 Å². The molecule has 1 aliphatic heterocycles. The van der Waals surface area contributed by atoms with Gasteiger partial charge in [-0.2, -0.15) is 5.10 Å². The van der Waals surface area contributed by atoms with E-state index in [2.05, 4.69) is 24.0 Å². The normalized spacial score (nSPS) is 25.8. The van der Waals surface area contributed by atoms with Crippen LogP contribution in [0.4, 0.5) is 5.69 Å². The zero-order valence-corrected chi connectivity index (χ0v) is 9.73. The molecule has 1 amide bonds. The third kappa shape index (κ3) is 1.77. The van der Waals surface area contributed by atoms with Crippen molar-refractivity contribution in [1.82, 2.24) is 15.1 Å². The van der Waals surface area contributed by atoms with Crippen LogP contribution in [0.3, 0.4) is 0 Å². The summed E-state index contributed by atoms with van der Waals surface area (Å²) in [5.74, 6) is -0.0327. The van der Waals surface area contributed by atoms with Crippen LogP contribution in [0.25, 0.3) is 0 Å². The molecule has 1 saturated heterocycles. The molecule has 2 heterocycles. The summed E-state index contributed by atoms with van der Waals surface area (Å²) in [4.78, 5) is 14.2. The number of aromatic amines is 1. The number of nitrogens with zero attached hydrogens (tertiary/aromatic N) is 2. The Hall–Kier alpha value is -1.52. The predicted molar refractivity (Wildman–Crippen MR) is 61.9 cm³/mol. The van der Waals surface area contributed by atoms with Crippen molar-refractivity contribution in [3.8, 4) is 0 Å². The Morgan fingerprint density at radius 3 is 2.62 bits per heavy atom. The Kier molecular flexibility index (Phi) is 2.85. The van der Waals surface area contributed by atoms with E-state index in [1.54, 1.807) is 0 Å². The second kappa shape index (κ2) is 4.15. The molecule has 16 heavy (non-hydrogen) atoms. The van der Waals surface area contributed by atoms with Gasteiger partial charge in [0.1, 0.15) is 5.69 Å². The number of hydrogen-bond donors (Lipinski definition) is 2. The average Bonchev–Trinajstić information content (AvgIpc) is 2.64. The van der Waals surface area contributed by atoms with Gasteiger partial charge >= 0.3 is 0 Å². The lowest BCUT2D eigenvalue weighted by atomic mass is 9.97. The van der Waals surface area contributed by atoms with Gasteiger partial charge in [-0.1, -0.05) is 0 Å². The summed E-state index contributed by atoms with van der Waals surface area (Å²) in [5, 5.41) is 6.47. The number of hydrogen-bond acceptors (Lipinski definition) is 3. The Morgan fingerprint density at radius 2 is 2.12 bits per heavy atom. The molecular formula is C11H18N4O. The SMILES string of the molecule is CC1CCCC(C)N1C(=O)c1[nH]ncc1N. The molecule has 0 aromatic carbocycles. The monoisotopic (exact) mass is 222 g/mol. The molecule has 0 aliphatic carbocycles. The minimum atomic E-state index is -0.0327. The zero-order valence-electron chi connectivity index (χ0n) is 9.73. The van der Waals surface area contributed by atoms with Crippen molar-refractivity contribution in [2.24, 2.45) is 0 Å². The molecule has 2 unspecified atom stereocenters. The topological polar surface area (TPSA) is 75.0 Å². The van der Waals surface area contributed by atoms with Crippen LogP contribution >= 0.6 is 0 Å². The van der Waals surface area contributed by atoms with Gasteiger partial charge < -0.3 is 10.6 Å². The van der Waals surface area contributed by atoms with Gasteiger partial charge in [-0.05, 0) is 33.1 Å². The number of nitrogens with two attached hydrogens (primary N) is 1. The van der Waals surface area contributed by atoms with Gasteiger partial charge in [0.2, 0.25) is 0 Å². The van der Waals surface area contributed by atoms with Gasteiger partial charge in [0.05, 0.1) is 11.9 Å². The van der Waals surface area contributed by atoms with Gasteiger partial charge in [-0.15, -0.1) is 0 Å². The number of nitrogens with one attached hydrogen (secondary N) is 1. The second-order valence-electron chi connectivity index (χ2n) is 4.54. The highest BCUT2D eigenvalue weighted by Gasteiger charge is 2.31. The van der Waals surface area contributed by atoms with Crippen LogP contribution < -0.4 is 5.73 Å². The summed E-state index contributed by atoms with van der Waals surface area (Å²) in [6, 6.07) is 0.554. The van der Waals surface area contributed by atoms with Crippen molar-refractivity contribution < 1.29 is 4.79 Å². The number of carbonyl (C=O) groups is 1. The van der Waals surface area contributed by atoms with E-state index >= 15 is 0 Å². The number of amides is 1. The molecule has 88 valence electrons. The standard InChI is InChI=1S/C11H18N4O/c1-7-4-3-5-8(2)15(7)11(16)10-9(12)6-13-14-10/h6-8H,3-5,12H2,1-2H3,(H,13,14). The van der Waals surface area contributed by atoms with Crippen LogP contribution in [0, 0.1) is 0 Å². The number of rotatable bonds is 1. The molecule has 2 atom stereocenters. The van der Waals surface area contributed by atoms with Gasteiger partial charge in [0.15, 0.2) is 0 Å². The predicted octanol–water partition coefficient (Wildman–Crippen LogP) is 1.39. The van der Waals surface area contributed by atoms with E-state index in [0.29, 0.717) is 11.4 Å². The Labute approximate surface area is 95.0 Å². The van der Waals surface area contributed by atoms with Crippen LogP contribution in [-0.4, -0.2) is 33.1 Å². The highest BCUT2D eigenvalue weighted by molar-refractivity contribution is 5.97. The fourth-order valence-corrected chi connectivity index (χ4v) is 2.42. The maximum Gasteiger partial charge on any atom is 0.274 e. The highest BCUT2D eigenvalue weighted by atomic mass is 16.2. The van der Waals surface area contributed by atoms with Crippen molar-refractivity contribution in [1.29, 1.82) is 0 Å². The van der Waals surface area contributed by atoms with E-state index in [9.17, 15) is 4.79 Å². The maximum absolute atomic E-state index is 12.3. The van der Waals surface area contributed by atoms with Crippen molar-refractivity contribution in [3.63, 3.8) is 0 Å². The molecule has 1 aromatic heterocycles. The molecule has 0 spiro atoms. The lowest BCUT2D eigenvalue weighted by Crippen LogP contribution is -2.47. The summed E-state index contributed by atoms with van der Waals surface area (Å²) in [6.45, 7) is 4.17. The molecule has 3 N–H and O–H groups in total. The minimum absolute atomic E-state index is 0.0327. The number of likely N-dealkylation sites (tertiary alicyclic amines) is 1. The van der Waals surface area contributed by atoms with E-state index < -0.39 is 0 Å². The van der Waals surface area contributed by atoms with Gasteiger partial charge in [-0.3, -0.25) is 9.89 Å². The average molecular weight is 222 g/mol. The molecule has 5 nitrogen and oxygen atoms in total. The van der Waals surface area contributed by atoms with Crippen LogP contribution in [0.1, 0.15) is 43.6 Å². The number of anilines is 1. The lowest BCUT2D eigenvalue weighted by molar-refractivity contribution is 0.0505. The molecule has 2 rings (SSSR count). The molecule has 1 fully saturated rings. The van der Waals surface area contributed by atoms with E-state index in [4.69, 9.17) is 5.73 Å². The fourth-order valence-electron chi connectivity index (χ4n) is 2.42. The summed E-state index contributed by atoms with van der Waals surface area (Å²) in [5.41, 5.74) is 6.54. The molecule has 5 heteroatoms. The first-order valence-corrected chi connectivity index (χ1v) is 5.72. The Balaban J connectivity index is 2.23. The molecule has 1 aromatic rings. The van der Waals surface area contributed by atoms with Crippen molar-refractivity contribution in [2.45, 2.75) is 45.2 Å². The molecule has 0 radical (unpaired) electrons. The summed E-state index contributed by atoms with van der Waals surface area (Å²) in [7, 11) is 0. The highest BCUT2D eigenvalue weighted by Crippen LogP contribution is 2.25. The third-order valence-corrected chi connectivity index (χ3v) is 3.31. The minimum Gasteiger partial charge on any atom is -0.396 e. The number of aromatic nitrogens is 2. The Morgan fingerprint density at radius 1 is 1.50 bits per heavy atom. The van der Waals surface area contributed by atoms with Crippen LogP contribution in [0.2, 0.25) is 0 Å². The van der Waals surface area contributed by atoms with E-state index in [-0.39, 0.29) is 18.0 Å². The van der Waals surface area contributed by atoms with Crippen molar-refractivity contribution in [2.75, 3.05) is 5.73 Å². The molecular weight excluding hydrogens is 204 g/mol. The Bertz CT molecular complexity index is 377. The van der Waals surface area contributed by atoms with Crippen LogP contribution in [0.5, 0.6) is 0 Å². The van der Waals surface area contributed by atoms with E-state index in [1.165, 1.54) is 12.6 Å². The number of H-pyrrole nitrogens is 1. The number of nitrogen functional groups attached to an aromatic ring is 1. The largest absolute Gasteiger partial charge is 0.396 e. The zero-order chi connectivity index (χ0) is 11.7. The summed E-state index contributed by atoms with van der Waals surface area (Å²) < 4.78 is 0. The fraction of sp³-hybridized carbons (Fsp3) is 0.636. The van der Waals surface area contributed by atoms with E-state index in [1.807, 2.05) is 4.90 Å². The summed E-state index contributed by atoms with van der Waals surface area (Å²) >= 11 is 0. The number of piperidine rings is 1. The molecule has 0 bridgehead atoms. The van der Waals surface area contributed by atoms with E-state index in [0.717, 1.165) is 12.8 Å².